The Kier molecular flexibility index (Phi) is 6.76. The van der Waals surface area contributed by atoms with E-state index in [1.54, 1.807) is 18.2 Å². The topological polar surface area (TPSA) is 47.6 Å². The van der Waals surface area contributed by atoms with Crippen LogP contribution in [0.1, 0.15) is 11.1 Å². The second-order valence-electron chi connectivity index (χ2n) is 5.26. The van der Waals surface area contributed by atoms with Crippen LogP contribution >= 0.6 is 23.2 Å². The van der Waals surface area contributed by atoms with Crippen molar-refractivity contribution in [3.05, 3.63) is 57.6 Å². The van der Waals surface area contributed by atoms with Crippen molar-refractivity contribution in [2.75, 3.05) is 19.8 Å². The van der Waals surface area contributed by atoms with Crippen LogP contribution in [0, 0.1) is 13.8 Å². The van der Waals surface area contributed by atoms with E-state index in [9.17, 15) is 4.79 Å². The van der Waals surface area contributed by atoms with Gasteiger partial charge in [0.1, 0.15) is 18.1 Å². The van der Waals surface area contributed by atoms with E-state index in [4.69, 9.17) is 32.7 Å². The number of halogens is 2. The number of nitrogens with one attached hydrogen (secondary N) is 1. The zero-order valence-electron chi connectivity index (χ0n) is 13.6. The van der Waals surface area contributed by atoms with E-state index >= 15 is 0 Å². The maximum atomic E-state index is 11.8. The van der Waals surface area contributed by atoms with Gasteiger partial charge in [-0.25, -0.2) is 0 Å². The van der Waals surface area contributed by atoms with Gasteiger partial charge in [-0.2, -0.15) is 0 Å². The number of hydrogen-bond acceptors (Lipinski definition) is 3. The summed E-state index contributed by atoms with van der Waals surface area (Å²) >= 11 is 11.8. The van der Waals surface area contributed by atoms with E-state index < -0.39 is 0 Å². The number of benzene rings is 2. The third-order valence-electron chi connectivity index (χ3n) is 3.49. The SMILES string of the molecule is Cc1cccc(OCCNC(=O)COc2ccc(Cl)cc2Cl)c1C. The average Bonchev–Trinajstić information content (AvgIpc) is 2.54. The van der Waals surface area contributed by atoms with Crippen molar-refractivity contribution in [2.45, 2.75) is 13.8 Å². The number of carbonyl (C=O) groups excluding carboxylic acids is 1. The second-order valence-corrected chi connectivity index (χ2v) is 6.10. The van der Waals surface area contributed by atoms with Gasteiger partial charge in [-0.05, 0) is 49.2 Å². The van der Waals surface area contributed by atoms with Crippen LogP contribution in [0.5, 0.6) is 11.5 Å². The molecule has 2 rings (SSSR count). The molecule has 0 saturated heterocycles. The Hall–Kier alpha value is -1.91. The van der Waals surface area contributed by atoms with Crippen LogP contribution < -0.4 is 14.8 Å². The minimum Gasteiger partial charge on any atom is -0.491 e. The average molecular weight is 368 g/mol. The third kappa shape index (κ3) is 5.32. The van der Waals surface area contributed by atoms with Crippen molar-refractivity contribution in [3.8, 4) is 11.5 Å². The Labute approximate surface area is 151 Å². The number of aryl methyl sites for hydroxylation is 1. The van der Waals surface area contributed by atoms with Crippen molar-refractivity contribution in [3.63, 3.8) is 0 Å². The van der Waals surface area contributed by atoms with Gasteiger partial charge in [0, 0.05) is 5.02 Å². The first-order valence-corrected chi connectivity index (χ1v) is 8.26. The summed E-state index contributed by atoms with van der Waals surface area (Å²) in [6.45, 7) is 4.70. The standard InChI is InChI=1S/C18H19Cl2NO3/c1-12-4-3-5-16(13(12)2)23-9-8-21-18(22)11-24-17-7-6-14(19)10-15(17)20/h3-7,10H,8-9,11H2,1-2H3,(H,21,22). The lowest BCUT2D eigenvalue weighted by Crippen LogP contribution is -2.32. The van der Waals surface area contributed by atoms with Gasteiger partial charge in [0.15, 0.2) is 6.61 Å². The van der Waals surface area contributed by atoms with Crippen LogP contribution in [-0.2, 0) is 4.79 Å². The van der Waals surface area contributed by atoms with Crippen LogP contribution in [0.15, 0.2) is 36.4 Å². The normalized spacial score (nSPS) is 10.3. The van der Waals surface area contributed by atoms with E-state index in [1.807, 2.05) is 32.0 Å². The molecule has 2 aromatic carbocycles. The molecule has 0 aliphatic heterocycles. The molecule has 0 radical (unpaired) electrons. The van der Waals surface area contributed by atoms with Crippen LogP contribution in [0.25, 0.3) is 0 Å². The van der Waals surface area contributed by atoms with Crippen molar-refractivity contribution < 1.29 is 14.3 Å². The molecule has 0 heterocycles. The molecular weight excluding hydrogens is 349 g/mol. The Morgan fingerprint density at radius 1 is 1.08 bits per heavy atom. The molecule has 24 heavy (non-hydrogen) atoms. The van der Waals surface area contributed by atoms with Gasteiger partial charge in [-0.1, -0.05) is 35.3 Å². The Balaban J connectivity index is 1.71. The van der Waals surface area contributed by atoms with Gasteiger partial charge >= 0.3 is 0 Å². The van der Waals surface area contributed by atoms with Gasteiger partial charge < -0.3 is 14.8 Å². The predicted octanol–water partition coefficient (Wildman–Crippen LogP) is 4.18. The number of rotatable bonds is 7. The molecule has 0 unspecified atom stereocenters. The van der Waals surface area contributed by atoms with Crippen LogP contribution in [0.3, 0.4) is 0 Å². The highest BCUT2D eigenvalue weighted by Gasteiger charge is 2.07. The maximum absolute atomic E-state index is 11.8. The van der Waals surface area contributed by atoms with Crippen LogP contribution in [0.4, 0.5) is 0 Å². The molecule has 2 aromatic rings. The number of ether oxygens (including phenoxy) is 2. The van der Waals surface area contributed by atoms with Gasteiger partial charge in [0.2, 0.25) is 0 Å². The summed E-state index contributed by atoms with van der Waals surface area (Å²) in [5.74, 6) is 1.00. The summed E-state index contributed by atoms with van der Waals surface area (Å²) in [7, 11) is 0. The largest absolute Gasteiger partial charge is 0.491 e. The lowest BCUT2D eigenvalue weighted by atomic mass is 10.1. The molecule has 128 valence electrons. The molecule has 6 heteroatoms. The first-order valence-electron chi connectivity index (χ1n) is 7.51. The minimum atomic E-state index is -0.245. The summed E-state index contributed by atoms with van der Waals surface area (Å²) in [4.78, 5) is 11.8. The molecule has 0 fully saturated rings. The van der Waals surface area contributed by atoms with E-state index in [1.165, 1.54) is 5.56 Å². The highest BCUT2D eigenvalue weighted by molar-refractivity contribution is 6.35. The van der Waals surface area contributed by atoms with E-state index in [0.29, 0.717) is 28.9 Å². The smallest absolute Gasteiger partial charge is 0.258 e. The molecule has 0 spiro atoms. The lowest BCUT2D eigenvalue weighted by Gasteiger charge is -2.12. The molecule has 0 bridgehead atoms. The highest BCUT2D eigenvalue weighted by Crippen LogP contribution is 2.27. The summed E-state index contributed by atoms with van der Waals surface area (Å²) in [6.07, 6.45) is 0. The molecule has 0 aliphatic rings. The quantitative estimate of drug-likeness (QED) is 0.746. The fourth-order valence-corrected chi connectivity index (χ4v) is 2.48. The first-order chi connectivity index (χ1) is 11.5. The third-order valence-corrected chi connectivity index (χ3v) is 4.02. The Morgan fingerprint density at radius 3 is 2.62 bits per heavy atom. The lowest BCUT2D eigenvalue weighted by molar-refractivity contribution is -0.123. The molecule has 4 nitrogen and oxygen atoms in total. The fraction of sp³-hybridized carbons (Fsp3) is 0.278. The van der Waals surface area contributed by atoms with Crippen molar-refractivity contribution >= 4 is 29.1 Å². The zero-order chi connectivity index (χ0) is 17.5. The van der Waals surface area contributed by atoms with Gasteiger partial charge in [-0.15, -0.1) is 0 Å². The molecule has 1 N–H and O–H groups in total. The number of hydrogen-bond donors (Lipinski definition) is 1. The van der Waals surface area contributed by atoms with Crippen molar-refractivity contribution in [1.29, 1.82) is 0 Å². The Bertz CT molecular complexity index is 719. The number of carbonyl (C=O) groups is 1. The minimum absolute atomic E-state index is 0.120. The monoisotopic (exact) mass is 367 g/mol. The van der Waals surface area contributed by atoms with Gasteiger partial charge in [-0.3, -0.25) is 4.79 Å². The van der Waals surface area contributed by atoms with E-state index in [-0.39, 0.29) is 12.5 Å². The number of amides is 1. The maximum Gasteiger partial charge on any atom is 0.258 e. The van der Waals surface area contributed by atoms with Crippen LogP contribution in [-0.4, -0.2) is 25.7 Å². The summed E-state index contributed by atoms with van der Waals surface area (Å²) < 4.78 is 11.0. The molecule has 0 atom stereocenters. The summed E-state index contributed by atoms with van der Waals surface area (Å²) in [5.41, 5.74) is 2.27. The van der Waals surface area contributed by atoms with Crippen molar-refractivity contribution in [2.24, 2.45) is 0 Å². The summed E-state index contributed by atoms with van der Waals surface area (Å²) in [6, 6.07) is 10.7. The molecule has 1 amide bonds. The van der Waals surface area contributed by atoms with Crippen LogP contribution in [0.2, 0.25) is 10.0 Å². The van der Waals surface area contributed by atoms with Gasteiger partial charge in [0.25, 0.3) is 5.91 Å². The molecule has 0 saturated carbocycles. The second kappa shape index (κ2) is 8.81. The predicted molar refractivity (Wildman–Crippen MR) is 96.4 cm³/mol. The first kappa shape index (κ1) is 18.4. The fourth-order valence-electron chi connectivity index (χ4n) is 2.02. The van der Waals surface area contributed by atoms with E-state index in [2.05, 4.69) is 5.32 Å². The molecule has 0 aliphatic carbocycles. The Morgan fingerprint density at radius 2 is 1.88 bits per heavy atom. The zero-order valence-corrected chi connectivity index (χ0v) is 15.1. The van der Waals surface area contributed by atoms with E-state index in [0.717, 1.165) is 11.3 Å². The molecular formula is C18H19Cl2NO3. The molecule has 0 aromatic heterocycles. The van der Waals surface area contributed by atoms with Crippen molar-refractivity contribution in [1.82, 2.24) is 5.32 Å². The highest BCUT2D eigenvalue weighted by atomic mass is 35.5. The van der Waals surface area contributed by atoms with Gasteiger partial charge in [0.05, 0.1) is 11.6 Å². The summed E-state index contributed by atoms with van der Waals surface area (Å²) in [5, 5.41) is 3.61.